The summed E-state index contributed by atoms with van der Waals surface area (Å²) in [7, 11) is 0. The zero-order chi connectivity index (χ0) is 9.68. The summed E-state index contributed by atoms with van der Waals surface area (Å²) in [5.41, 5.74) is 4.16. The summed E-state index contributed by atoms with van der Waals surface area (Å²) in [6.45, 7) is 7.27. The summed E-state index contributed by atoms with van der Waals surface area (Å²) < 4.78 is 0. The van der Waals surface area contributed by atoms with E-state index in [1.54, 1.807) is 0 Å². The second kappa shape index (κ2) is 4.90. The lowest BCUT2D eigenvalue weighted by atomic mass is 10.0. The molecule has 0 unspecified atom stereocenters. The highest BCUT2D eigenvalue weighted by molar-refractivity contribution is 5.54. The molecule has 1 heteroatoms. The second-order valence-electron chi connectivity index (χ2n) is 3.19. The van der Waals surface area contributed by atoms with Crippen LogP contribution in [0.25, 0.3) is 0 Å². The first kappa shape index (κ1) is 10.1. The Morgan fingerprint density at radius 2 is 2.08 bits per heavy atom. The molecule has 0 saturated carbocycles. The van der Waals surface area contributed by atoms with Gasteiger partial charge in [0.1, 0.15) is 0 Å². The van der Waals surface area contributed by atoms with Gasteiger partial charge in [0.15, 0.2) is 0 Å². The van der Waals surface area contributed by atoms with Crippen molar-refractivity contribution in [3.8, 4) is 0 Å². The molecule has 0 aliphatic carbocycles. The van der Waals surface area contributed by atoms with E-state index in [1.165, 1.54) is 29.7 Å². The van der Waals surface area contributed by atoms with Gasteiger partial charge in [-0.3, -0.25) is 0 Å². The Bertz CT molecular complexity index is 271. The van der Waals surface area contributed by atoms with E-state index in [1.807, 2.05) is 13.8 Å². The number of rotatable bonds is 0. The van der Waals surface area contributed by atoms with Gasteiger partial charge in [0.2, 0.25) is 0 Å². The minimum atomic E-state index is 0. The molecule has 0 amide bonds. The molecule has 2 rings (SSSR count). The third-order valence-corrected chi connectivity index (χ3v) is 2.20. The summed E-state index contributed by atoms with van der Waals surface area (Å²) in [6, 6.07) is 6.65. The Kier molecular flexibility index (Phi) is 3.81. The standard InChI is InChI=1S/C10H13N.C2H6.H2/c1-8-4-5-9-3-2-6-11-10(9)7-8;1-2;/h4-5,7,11H,2-3,6H2,1H3;1-2H3;1H. The van der Waals surface area contributed by atoms with Crippen molar-refractivity contribution >= 4 is 5.69 Å². The maximum atomic E-state index is 3.40. The molecule has 1 aromatic carbocycles. The van der Waals surface area contributed by atoms with E-state index in [0.717, 1.165) is 6.54 Å². The third kappa shape index (κ3) is 2.48. The zero-order valence-corrected chi connectivity index (χ0v) is 8.85. The van der Waals surface area contributed by atoms with Crippen molar-refractivity contribution < 1.29 is 1.43 Å². The van der Waals surface area contributed by atoms with Gasteiger partial charge in [0, 0.05) is 13.7 Å². The fraction of sp³-hybridized carbons (Fsp3) is 0.500. The van der Waals surface area contributed by atoms with Gasteiger partial charge in [0.05, 0.1) is 0 Å². The summed E-state index contributed by atoms with van der Waals surface area (Å²) in [5.74, 6) is 0. The van der Waals surface area contributed by atoms with Gasteiger partial charge in [-0.15, -0.1) is 0 Å². The Hall–Kier alpha value is -0.980. The maximum Gasteiger partial charge on any atom is 0.0375 e. The van der Waals surface area contributed by atoms with Crippen LogP contribution >= 0.6 is 0 Å². The minimum absolute atomic E-state index is 0. The lowest BCUT2D eigenvalue weighted by Gasteiger charge is -2.17. The molecular weight excluding hydrogens is 158 g/mol. The van der Waals surface area contributed by atoms with E-state index in [9.17, 15) is 0 Å². The van der Waals surface area contributed by atoms with Gasteiger partial charge in [-0.1, -0.05) is 26.0 Å². The van der Waals surface area contributed by atoms with Crippen LogP contribution in [0.3, 0.4) is 0 Å². The minimum Gasteiger partial charge on any atom is -0.385 e. The van der Waals surface area contributed by atoms with Crippen molar-refractivity contribution in [1.29, 1.82) is 0 Å². The molecule has 0 aromatic heterocycles. The predicted octanol–water partition coefficient (Wildman–Crippen LogP) is 3.63. The fourth-order valence-electron chi connectivity index (χ4n) is 1.57. The Morgan fingerprint density at radius 1 is 1.31 bits per heavy atom. The largest absolute Gasteiger partial charge is 0.385 e. The molecular formula is C12H21N. The summed E-state index contributed by atoms with van der Waals surface area (Å²) in [5, 5.41) is 3.40. The van der Waals surface area contributed by atoms with E-state index in [0.29, 0.717) is 0 Å². The number of aryl methyl sites for hydroxylation is 2. The number of benzene rings is 1. The van der Waals surface area contributed by atoms with Gasteiger partial charge in [-0.05, 0) is 37.0 Å². The molecule has 74 valence electrons. The lowest BCUT2D eigenvalue weighted by molar-refractivity contribution is 0.829. The summed E-state index contributed by atoms with van der Waals surface area (Å²) in [4.78, 5) is 0. The predicted molar refractivity (Wildman–Crippen MR) is 61.5 cm³/mol. The molecule has 0 bridgehead atoms. The highest BCUT2D eigenvalue weighted by Crippen LogP contribution is 2.22. The van der Waals surface area contributed by atoms with Crippen molar-refractivity contribution in [2.75, 3.05) is 11.9 Å². The van der Waals surface area contributed by atoms with Crippen LogP contribution in [0.2, 0.25) is 0 Å². The molecule has 0 atom stereocenters. The average molecular weight is 179 g/mol. The average Bonchev–Trinajstić information content (AvgIpc) is 2.21. The van der Waals surface area contributed by atoms with Crippen LogP contribution in [0.1, 0.15) is 32.8 Å². The van der Waals surface area contributed by atoms with Crippen LogP contribution in [0.4, 0.5) is 5.69 Å². The molecule has 1 aromatic rings. The number of nitrogens with one attached hydrogen (secondary N) is 1. The first-order valence-corrected chi connectivity index (χ1v) is 5.20. The highest BCUT2D eigenvalue weighted by Gasteiger charge is 2.06. The van der Waals surface area contributed by atoms with E-state index >= 15 is 0 Å². The monoisotopic (exact) mass is 179 g/mol. The van der Waals surface area contributed by atoms with E-state index in [2.05, 4.69) is 30.4 Å². The van der Waals surface area contributed by atoms with Crippen LogP contribution in [0.5, 0.6) is 0 Å². The molecule has 13 heavy (non-hydrogen) atoms. The molecule has 1 nitrogen and oxygen atoms in total. The Labute approximate surface area is 82.7 Å². The summed E-state index contributed by atoms with van der Waals surface area (Å²) >= 11 is 0. The number of anilines is 1. The van der Waals surface area contributed by atoms with Crippen molar-refractivity contribution in [3.63, 3.8) is 0 Å². The van der Waals surface area contributed by atoms with E-state index < -0.39 is 0 Å². The van der Waals surface area contributed by atoms with Crippen LogP contribution in [0.15, 0.2) is 18.2 Å². The topological polar surface area (TPSA) is 12.0 Å². The molecule has 1 heterocycles. The van der Waals surface area contributed by atoms with Gasteiger partial charge in [0.25, 0.3) is 0 Å². The molecule has 0 saturated heterocycles. The Morgan fingerprint density at radius 3 is 2.85 bits per heavy atom. The maximum absolute atomic E-state index is 3.40. The lowest BCUT2D eigenvalue weighted by Crippen LogP contribution is -2.11. The molecule has 1 aliphatic heterocycles. The van der Waals surface area contributed by atoms with Gasteiger partial charge < -0.3 is 5.32 Å². The van der Waals surface area contributed by atoms with Crippen LogP contribution in [-0.2, 0) is 6.42 Å². The molecule has 0 spiro atoms. The normalized spacial score (nSPS) is 13.5. The number of fused-ring (bicyclic) bond motifs is 1. The summed E-state index contributed by atoms with van der Waals surface area (Å²) in [6.07, 6.45) is 2.51. The Balaban J connectivity index is 0.000000531. The van der Waals surface area contributed by atoms with Crippen LogP contribution < -0.4 is 5.32 Å². The number of hydrogen-bond acceptors (Lipinski definition) is 1. The fourth-order valence-corrected chi connectivity index (χ4v) is 1.57. The van der Waals surface area contributed by atoms with E-state index in [-0.39, 0.29) is 1.43 Å². The van der Waals surface area contributed by atoms with Crippen LogP contribution in [-0.4, -0.2) is 6.54 Å². The van der Waals surface area contributed by atoms with Crippen molar-refractivity contribution in [3.05, 3.63) is 29.3 Å². The molecule has 1 aliphatic rings. The third-order valence-electron chi connectivity index (χ3n) is 2.20. The first-order valence-electron chi connectivity index (χ1n) is 5.20. The highest BCUT2D eigenvalue weighted by atomic mass is 14.9. The molecule has 0 fully saturated rings. The van der Waals surface area contributed by atoms with Gasteiger partial charge in [-0.2, -0.15) is 0 Å². The first-order chi connectivity index (χ1) is 6.36. The van der Waals surface area contributed by atoms with Gasteiger partial charge >= 0.3 is 0 Å². The SMILES string of the molecule is CC.Cc1ccc2c(c1)NCCC2.[HH]. The van der Waals surface area contributed by atoms with Crippen molar-refractivity contribution in [2.45, 2.75) is 33.6 Å². The molecule has 0 radical (unpaired) electrons. The van der Waals surface area contributed by atoms with Crippen molar-refractivity contribution in [1.82, 2.24) is 0 Å². The van der Waals surface area contributed by atoms with E-state index in [4.69, 9.17) is 0 Å². The number of hydrogen-bond donors (Lipinski definition) is 1. The quantitative estimate of drug-likeness (QED) is 0.641. The van der Waals surface area contributed by atoms with Crippen LogP contribution in [0, 0.1) is 6.92 Å². The smallest absolute Gasteiger partial charge is 0.0375 e. The van der Waals surface area contributed by atoms with Gasteiger partial charge in [-0.25, -0.2) is 0 Å². The molecule has 1 N–H and O–H groups in total. The zero-order valence-electron chi connectivity index (χ0n) is 8.85. The van der Waals surface area contributed by atoms with Crippen molar-refractivity contribution in [2.24, 2.45) is 0 Å². The second-order valence-corrected chi connectivity index (χ2v) is 3.19.